The standard InChI is InChI=1S/C26H25N3O/c1-25(2)17-26(3,18-11-6-4-7-12-18)21-16-10-15-20-22(24(30)29(25)23(20)21)28-27-19-13-8-5-9-14-19/h4-16,30H,17H2,1-3H3. The first-order valence-electron chi connectivity index (χ1n) is 10.3. The van der Waals surface area contributed by atoms with Crippen LogP contribution in [0.5, 0.6) is 5.88 Å². The van der Waals surface area contributed by atoms with Crippen LogP contribution in [0.15, 0.2) is 89.1 Å². The van der Waals surface area contributed by atoms with Crippen LogP contribution >= 0.6 is 0 Å². The first-order chi connectivity index (χ1) is 14.4. The van der Waals surface area contributed by atoms with Crippen LogP contribution in [0.4, 0.5) is 11.4 Å². The Morgan fingerprint density at radius 2 is 1.47 bits per heavy atom. The zero-order chi connectivity index (χ0) is 20.9. The van der Waals surface area contributed by atoms with Crippen LogP contribution in [0.25, 0.3) is 10.9 Å². The Hall–Kier alpha value is -3.40. The highest BCUT2D eigenvalue weighted by Crippen LogP contribution is 2.54. The van der Waals surface area contributed by atoms with E-state index in [0.29, 0.717) is 5.69 Å². The number of azo groups is 1. The average Bonchev–Trinajstić information content (AvgIpc) is 3.04. The van der Waals surface area contributed by atoms with Gasteiger partial charge in [-0.3, -0.25) is 0 Å². The summed E-state index contributed by atoms with van der Waals surface area (Å²) in [6.07, 6.45) is 0.869. The quantitative estimate of drug-likeness (QED) is 0.366. The smallest absolute Gasteiger partial charge is 0.221 e. The van der Waals surface area contributed by atoms with Gasteiger partial charge < -0.3 is 9.67 Å². The lowest BCUT2D eigenvalue weighted by Crippen LogP contribution is -2.41. The van der Waals surface area contributed by atoms with E-state index >= 15 is 0 Å². The van der Waals surface area contributed by atoms with E-state index in [-0.39, 0.29) is 16.8 Å². The average molecular weight is 396 g/mol. The molecule has 1 N–H and O–H groups in total. The molecule has 0 amide bonds. The number of rotatable bonds is 3. The van der Waals surface area contributed by atoms with Crippen LogP contribution in [0, 0.1) is 0 Å². The van der Waals surface area contributed by atoms with Crippen molar-refractivity contribution >= 4 is 22.3 Å². The summed E-state index contributed by atoms with van der Waals surface area (Å²) in [7, 11) is 0. The van der Waals surface area contributed by atoms with E-state index in [2.05, 4.69) is 73.5 Å². The van der Waals surface area contributed by atoms with Gasteiger partial charge in [0.2, 0.25) is 5.88 Å². The minimum absolute atomic E-state index is 0.168. The SMILES string of the molecule is CC1(c2ccccc2)CC(C)(C)n2c(O)c(N=Nc3ccccc3)c3cccc1c32. The molecule has 4 aromatic rings. The number of hydrogen-bond acceptors (Lipinski definition) is 3. The minimum atomic E-state index is -0.290. The summed E-state index contributed by atoms with van der Waals surface area (Å²) in [5, 5.41) is 21.0. The van der Waals surface area contributed by atoms with Crippen LogP contribution in [0.3, 0.4) is 0 Å². The summed E-state index contributed by atoms with van der Waals surface area (Å²) in [6.45, 7) is 6.67. The molecule has 0 spiro atoms. The molecule has 0 saturated heterocycles. The fourth-order valence-corrected chi connectivity index (χ4v) is 5.15. The lowest BCUT2D eigenvalue weighted by molar-refractivity contribution is 0.236. The van der Waals surface area contributed by atoms with E-state index in [1.54, 1.807) is 0 Å². The third kappa shape index (κ3) is 2.67. The molecule has 5 rings (SSSR count). The van der Waals surface area contributed by atoms with Crippen molar-refractivity contribution in [3.63, 3.8) is 0 Å². The number of para-hydroxylation sites is 1. The fraction of sp³-hybridized carbons (Fsp3) is 0.231. The van der Waals surface area contributed by atoms with Crippen LogP contribution < -0.4 is 0 Å². The molecule has 1 unspecified atom stereocenters. The van der Waals surface area contributed by atoms with Crippen LogP contribution in [0.1, 0.15) is 38.3 Å². The molecule has 1 aromatic heterocycles. The molecule has 150 valence electrons. The van der Waals surface area contributed by atoms with Crippen LogP contribution in [-0.4, -0.2) is 9.67 Å². The Labute approximate surface area is 176 Å². The Balaban J connectivity index is 1.78. The van der Waals surface area contributed by atoms with Crippen molar-refractivity contribution in [2.75, 3.05) is 0 Å². The monoisotopic (exact) mass is 395 g/mol. The molecule has 0 bridgehead atoms. The maximum Gasteiger partial charge on any atom is 0.221 e. The van der Waals surface area contributed by atoms with Crippen molar-refractivity contribution in [3.8, 4) is 5.88 Å². The summed E-state index contributed by atoms with van der Waals surface area (Å²) in [5.74, 6) is 0.178. The number of nitrogens with zero attached hydrogens (tertiary/aromatic N) is 3. The van der Waals surface area contributed by atoms with Crippen molar-refractivity contribution in [1.29, 1.82) is 0 Å². The molecule has 30 heavy (non-hydrogen) atoms. The lowest BCUT2D eigenvalue weighted by atomic mass is 9.66. The summed E-state index contributed by atoms with van der Waals surface area (Å²) in [4.78, 5) is 0. The Bertz CT molecular complexity index is 1260. The Morgan fingerprint density at radius 1 is 0.800 bits per heavy atom. The van der Waals surface area contributed by atoms with Gasteiger partial charge in [0.05, 0.1) is 11.2 Å². The number of benzene rings is 3. The molecule has 3 aromatic carbocycles. The second-order valence-electron chi connectivity index (χ2n) is 8.93. The largest absolute Gasteiger partial charge is 0.493 e. The van der Waals surface area contributed by atoms with Gasteiger partial charge in [-0.05, 0) is 43.5 Å². The lowest BCUT2D eigenvalue weighted by Gasteiger charge is -2.45. The predicted octanol–water partition coefficient (Wildman–Crippen LogP) is 7.21. The molecule has 0 saturated carbocycles. The van der Waals surface area contributed by atoms with Crippen molar-refractivity contribution in [3.05, 3.63) is 90.0 Å². The second-order valence-corrected chi connectivity index (χ2v) is 8.93. The van der Waals surface area contributed by atoms with E-state index in [1.807, 2.05) is 41.0 Å². The van der Waals surface area contributed by atoms with Crippen LogP contribution in [0.2, 0.25) is 0 Å². The van der Waals surface area contributed by atoms with E-state index in [1.165, 1.54) is 11.1 Å². The molecule has 1 aliphatic heterocycles. The summed E-state index contributed by atoms with van der Waals surface area (Å²) >= 11 is 0. The van der Waals surface area contributed by atoms with E-state index in [4.69, 9.17) is 0 Å². The van der Waals surface area contributed by atoms with Gasteiger partial charge in [-0.15, -0.1) is 5.11 Å². The van der Waals surface area contributed by atoms with Gasteiger partial charge in [-0.2, -0.15) is 5.11 Å². The van der Waals surface area contributed by atoms with Gasteiger partial charge >= 0.3 is 0 Å². The molecule has 1 atom stereocenters. The van der Waals surface area contributed by atoms with E-state index in [0.717, 1.165) is 23.0 Å². The van der Waals surface area contributed by atoms with E-state index < -0.39 is 0 Å². The summed E-state index contributed by atoms with van der Waals surface area (Å²) in [6, 6.07) is 26.5. The predicted molar refractivity (Wildman–Crippen MR) is 121 cm³/mol. The van der Waals surface area contributed by atoms with Crippen molar-refractivity contribution in [2.45, 2.75) is 38.1 Å². The molecular formula is C26H25N3O. The van der Waals surface area contributed by atoms with E-state index in [9.17, 15) is 5.11 Å². The minimum Gasteiger partial charge on any atom is -0.493 e. The third-order valence-corrected chi connectivity index (χ3v) is 6.36. The van der Waals surface area contributed by atoms with Gasteiger partial charge in [0, 0.05) is 16.3 Å². The molecule has 0 fully saturated rings. The Kier molecular flexibility index (Phi) is 4.07. The van der Waals surface area contributed by atoms with Gasteiger partial charge in [-0.1, -0.05) is 73.7 Å². The van der Waals surface area contributed by atoms with Crippen molar-refractivity contribution < 1.29 is 5.11 Å². The molecule has 4 heteroatoms. The number of aromatic hydroxyl groups is 1. The summed E-state index contributed by atoms with van der Waals surface area (Å²) < 4.78 is 2.04. The maximum atomic E-state index is 11.2. The van der Waals surface area contributed by atoms with Gasteiger partial charge in [0.15, 0.2) is 5.69 Å². The molecular weight excluding hydrogens is 370 g/mol. The number of aromatic nitrogens is 1. The molecule has 0 aliphatic carbocycles. The molecule has 2 heterocycles. The van der Waals surface area contributed by atoms with Crippen molar-refractivity contribution in [1.82, 2.24) is 4.57 Å². The first-order valence-corrected chi connectivity index (χ1v) is 10.3. The first kappa shape index (κ1) is 18.6. The highest BCUT2D eigenvalue weighted by molar-refractivity contribution is 5.98. The van der Waals surface area contributed by atoms with Crippen molar-refractivity contribution in [2.24, 2.45) is 10.2 Å². The normalized spacial score (nSPS) is 20.1. The van der Waals surface area contributed by atoms with Crippen LogP contribution in [-0.2, 0) is 11.0 Å². The Morgan fingerprint density at radius 3 is 2.17 bits per heavy atom. The van der Waals surface area contributed by atoms with Gasteiger partial charge in [-0.25, -0.2) is 0 Å². The number of hydrogen-bond donors (Lipinski definition) is 1. The highest BCUT2D eigenvalue weighted by Gasteiger charge is 2.44. The molecule has 4 nitrogen and oxygen atoms in total. The van der Waals surface area contributed by atoms with Gasteiger partial charge in [0.1, 0.15) is 0 Å². The topological polar surface area (TPSA) is 49.9 Å². The fourth-order valence-electron chi connectivity index (χ4n) is 5.15. The highest BCUT2D eigenvalue weighted by atomic mass is 16.3. The zero-order valence-electron chi connectivity index (χ0n) is 17.5. The summed E-state index contributed by atoms with van der Waals surface area (Å²) in [5.41, 5.74) is 4.37. The molecule has 1 aliphatic rings. The maximum absolute atomic E-state index is 11.2. The zero-order valence-corrected chi connectivity index (χ0v) is 17.5. The second kappa shape index (κ2) is 6.56. The molecule has 0 radical (unpaired) electrons. The third-order valence-electron chi connectivity index (χ3n) is 6.36. The van der Waals surface area contributed by atoms with Gasteiger partial charge in [0.25, 0.3) is 0 Å².